The Balaban J connectivity index is 1.64. The lowest BCUT2D eigenvalue weighted by atomic mass is 9.84. The third-order valence-corrected chi connectivity index (χ3v) is 5.70. The van der Waals surface area contributed by atoms with Gasteiger partial charge in [0.1, 0.15) is 5.82 Å². The molecule has 5 nitrogen and oxygen atoms in total. The van der Waals surface area contributed by atoms with Crippen LogP contribution in [0.5, 0.6) is 0 Å². The zero-order valence-corrected chi connectivity index (χ0v) is 17.0. The van der Waals surface area contributed by atoms with Gasteiger partial charge in [0.25, 0.3) is 0 Å². The molecule has 0 fully saturated rings. The molecule has 5 heteroatoms. The molecule has 1 aliphatic rings. The highest BCUT2D eigenvalue weighted by Crippen LogP contribution is 2.32. The molecule has 0 aromatic carbocycles. The Kier molecular flexibility index (Phi) is 7.41. The molecule has 0 saturated heterocycles. The van der Waals surface area contributed by atoms with Gasteiger partial charge in [-0.05, 0) is 83.6 Å². The molecule has 1 atom stereocenters. The lowest BCUT2D eigenvalue weighted by Crippen LogP contribution is -2.29. The van der Waals surface area contributed by atoms with Crippen molar-refractivity contribution in [3.8, 4) is 0 Å². The number of fused-ring (bicyclic) bond motifs is 1. The van der Waals surface area contributed by atoms with Gasteiger partial charge < -0.3 is 10.3 Å². The number of unbranched alkanes of at least 4 members (excludes halogenated alkanes) is 1. The van der Waals surface area contributed by atoms with E-state index in [0.29, 0.717) is 12.0 Å². The van der Waals surface area contributed by atoms with E-state index in [-0.39, 0.29) is 0 Å². The lowest BCUT2D eigenvalue weighted by molar-refractivity contribution is 0.236. The maximum absolute atomic E-state index is 5.72. The number of imidazole rings is 1. The molecule has 0 saturated carbocycles. The molecule has 0 radical (unpaired) electrons. The van der Waals surface area contributed by atoms with Crippen molar-refractivity contribution in [1.82, 2.24) is 19.4 Å². The number of nitrogens with zero attached hydrogens (tertiary/aromatic N) is 4. The SMILES string of the molecule is CC(C)n1ccnc1CN(CCCCN)CCC1CCCc2cccnc21. The molecule has 1 unspecified atom stereocenters. The third kappa shape index (κ3) is 5.39. The van der Waals surface area contributed by atoms with Crippen molar-refractivity contribution in [3.63, 3.8) is 0 Å². The predicted octanol–water partition coefficient (Wildman–Crippen LogP) is 3.91. The van der Waals surface area contributed by atoms with E-state index in [0.717, 1.165) is 39.0 Å². The highest BCUT2D eigenvalue weighted by molar-refractivity contribution is 5.25. The number of aromatic nitrogens is 3. The molecule has 2 N–H and O–H groups in total. The fraction of sp³-hybridized carbons (Fsp3) is 0.636. The van der Waals surface area contributed by atoms with Gasteiger partial charge in [-0.15, -0.1) is 0 Å². The van der Waals surface area contributed by atoms with Crippen molar-refractivity contribution in [1.29, 1.82) is 0 Å². The van der Waals surface area contributed by atoms with Crippen molar-refractivity contribution in [2.75, 3.05) is 19.6 Å². The van der Waals surface area contributed by atoms with Crippen LogP contribution in [0.1, 0.15) is 75.0 Å². The van der Waals surface area contributed by atoms with E-state index in [2.05, 4.69) is 46.6 Å². The summed E-state index contributed by atoms with van der Waals surface area (Å²) in [5.41, 5.74) is 8.51. The Bertz CT molecular complexity index is 694. The summed E-state index contributed by atoms with van der Waals surface area (Å²) < 4.78 is 2.29. The van der Waals surface area contributed by atoms with E-state index in [1.807, 2.05) is 12.4 Å². The largest absolute Gasteiger partial charge is 0.331 e. The Morgan fingerprint density at radius 3 is 2.93 bits per heavy atom. The highest BCUT2D eigenvalue weighted by Gasteiger charge is 2.22. The normalized spacial score (nSPS) is 16.9. The molecular weight excluding hydrogens is 334 g/mol. The van der Waals surface area contributed by atoms with Gasteiger partial charge in [-0.3, -0.25) is 9.88 Å². The summed E-state index contributed by atoms with van der Waals surface area (Å²) in [6.07, 6.45) is 13.1. The van der Waals surface area contributed by atoms with Gasteiger partial charge in [0, 0.05) is 36.2 Å². The molecule has 27 heavy (non-hydrogen) atoms. The predicted molar refractivity (Wildman–Crippen MR) is 111 cm³/mol. The maximum atomic E-state index is 5.72. The van der Waals surface area contributed by atoms with Crippen LogP contribution in [0, 0.1) is 0 Å². The minimum absolute atomic E-state index is 0.447. The number of nitrogens with two attached hydrogens (primary N) is 1. The Hall–Kier alpha value is -1.72. The molecule has 3 rings (SSSR count). The van der Waals surface area contributed by atoms with Crippen LogP contribution in [-0.2, 0) is 13.0 Å². The second kappa shape index (κ2) is 10.00. The van der Waals surface area contributed by atoms with E-state index >= 15 is 0 Å². The Morgan fingerprint density at radius 1 is 1.22 bits per heavy atom. The molecule has 0 spiro atoms. The Labute approximate surface area is 164 Å². The summed E-state index contributed by atoms with van der Waals surface area (Å²) in [5, 5.41) is 0. The first-order chi connectivity index (χ1) is 13.2. The average Bonchev–Trinajstić information content (AvgIpc) is 3.14. The van der Waals surface area contributed by atoms with Crippen LogP contribution in [0.25, 0.3) is 0 Å². The van der Waals surface area contributed by atoms with Gasteiger partial charge in [0.05, 0.1) is 6.54 Å². The fourth-order valence-corrected chi connectivity index (χ4v) is 4.21. The van der Waals surface area contributed by atoms with Gasteiger partial charge in [0.2, 0.25) is 0 Å². The molecule has 2 aromatic heterocycles. The molecule has 2 heterocycles. The molecule has 148 valence electrons. The van der Waals surface area contributed by atoms with Crippen LogP contribution in [0.2, 0.25) is 0 Å². The smallest absolute Gasteiger partial charge is 0.123 e. The average molecular weight is 370 g/mol. The maximum Gasteiger partial charge on any atom is 0.123 e. The lowest BCUT2D eigenvalue weighted by Gasteiger charge is -2.28. The molecule has 0 aliphatic heterocycles. The number of hydrogen-bond acceptors (Lipinski definition) is 4. The molecular formula is C22H35N5. The van der Waals surface area contributed by atoms with Crippen LogP contribution >= 0.6 is 0 Å². The van der Waals surface area contributed by atoms with Gasteiger partial charge in [0.15, 0.2) is 0 Å². The summed E-state index contributed by atoms with van der Waals surface area (Å²) in [6.45, 7) is 8.30. The minimum Gasteiger partial charge on any atom is -0.331 e. The number of hydrogen-bond donors (Lipinski definition) is 1. The second-order valence-corrected chi connectivity index (χ2v) is 8.04. The third-order valence-electron chi connectivity index (χ3n) is 5.70. The summed E-state index contributed by atoms with van der Waals surface area (Å²) in [5.74, 6) is 1.76. The van der Waals surface area contributed by atoms with Gasteiger partial charge in [-0.2, -0.15) is 0 Å². The highest BCUT2D eigenvalue weighted by atomic mass is 15.2. The van der Waals surface area contributed by atoms with E-state index in [9.17, 15) is 0 Å². The van der Waals surface area contributed by atoms with Crippen molar-refractivity contribution in [2.24, 2.45) is 5.73 Å². The minimum atomic E-state index is 0.447. The monoisotopic (exact) mass is 369 g/mol. The number of aryl methyl sites for hydroxylation is 1. The zero-order valence-electron chi connectivity index (χ0n) is 17.0. The van der Waals surface area contributed by atoms with Gasteiger partial charge >= 0.3 is 0 Å². The van der Waals surface area contributed by atoms with Crippen LogP contribution < -0.4 is 5.73 Å². The summed E-state index contributed by atoms with van der Waals surface area (Å²) >= 11 is 0. The topological polar surface area (TPSA) is 60.0 Å². The van der Waals surface area contributed by atoms with Crippen LogP contribution in [0.4, 0.5) is 0 Å². The molecule has 1 aliphatic carbocycles. The van der Waals surface area contributed by atoms with Crippen molar-refractivity contribution < 1.29 is 0 Å². The van der Waals surface area contributed by atoms with E-state index in [1.165, 1.54) is 42.8 Å². The van der Waals surface area contributed by atoms with Crippen LogP contribution in [0.3, 0.4) is 0 Å². The van der Waals surface area contributed by atoms with Crippen molar-refractivity contribution >= 4 is 0 Å². The van der Waals surface area contributed by atoms with E-state index in [4.69, 9.17) is 10.7 Å². The first kappa shape index (κ1) is 20.0. The fourth-order valence-electron chi connectivity index (χ4n) is 4.21. The summed E-state index contributed by atoms with van der Waals surface area (Å²) in [4.78, 5) is 11.9. The zero-order chi connectivity index (χ0) is 19.1. The van der Waals surface area contributed by atoms with Crippen molar-refractivity contribution in [3.05, 3.63) is 47.8 Å². The van der Waals surface area contributed by atoms with E-state index < -0.39 is 0 Å². The molecule has 2 aromatic rings. The first-order valence-electron chi connectivity index (χ1n) is 10.6. The van der Waals surface area contributed by atoms with E-state index in [1.54, 1.807) is 0 Å². The van der Waals surface area contributed by atoms with Crippen molar-refractivity contribution in [2.45, 2.75) is 70.9 Å². The summed E-state index contributed by atoms with van der Waals surface area (Å²) in [6, 6.07) is 4.78. The van der Waals surface area contributed by atoms with Gasteiger partial charge in [-0.25, -0.2) is 4.98 Å². The molecule has 0 amide bonds. The van der Waals surface area contributed by atoms with Crippen LogP contribution in [0.15, 0.2) is 30.7 Å². The second-order valence-electron chi connectivity index (χ2n) is 8.04. The standard InChI is InChI=1S/C22H35N5/c1-18(2)27-16-13-24-21(27)17-26(14-4-3-11-23)15-10-20-8-5-7-19-9-6-12-25-22(19)20/h6,9,12-13,16,18,20H,3-5,7-8,10-11,14-15,17,23H2,1-2H3. The summed E-state index contributed by atoms with van der Waals surface area (Å²) in [7, 11) is 0. The first-order valence-corrected chi connectivity index (χ1v) is 10.6. The number of rotatable bonds is 10. The number of pyridine rings is 1. The Morgan fingerprint density at radius 2 is 2.11 bits per heavy atom. The van der Waals surface area contributed by atoms with Gasteiger partial charge in [-0.1, -0.05) is 6.07 Å². The quantitative estimate of drug-likeness (QED) is 0.645. The van der Waals surface area contributed by atoms with Crippen LogP contribution in [-0.4, -0.2) is 39.1 Å². The molecule has 0 bridgehead atoms.